The zero-order valence-electron chi connectivity index (χ0n) is 7.53. The molecule has 0 fully saturated rings. The van der Waals surface area contributed by atoms with E-state index in [0.29, 0.717) is 12.5 Å². The highest BCUT2D eigenvalue weighted by atomic mass is 16.6. The van der Waals surface area contributed by atoms with Crippen LogP contribution < -0.4 is 5.90 Å². The minimum atomic E-state index is 0.303. The third kappa shape index (κ3) is 1.84. The van der Waals surface area contributed by atoms with Gasteiger partial charge in [-0.25, -0.2) is 10.9 Å². The van der Waals surface area contributed by atoms with Crippen LogP contribution in [0.3, 0.4) is 0 Å². The van der Waals surface area contributed by atoms with E-state index in [1.807, 2.05) is 12.5 Å². The maximum atomic E-state index is 5.00. The third-order valence-electron chi connectivity index (χ3n) is 1.94. The van der Waals surface area contributed by atoms with Gasteiger partial charge >= 0.3 is 0 Å². The van der Waals surface area contributed by atoms with Crippen molar-refractivity contribution >= 4 is 0 Å². The summed E-state index contributed by atoms with van der Waals surface area (Å²) in [6, 6.07) is 0. The van der Waals surface area contributed by atoms with Gasteiger partial charge in [0.25, 0.3) is 0 Å². The van der Waals surface area contributed by atoms with E-state index in [1.54, 1.807) is 0 Å². The van der Waals surface area contributed by atoms with E-state index in [0.717, 1.165) is 6.54 Å². The summed E-state index contributed by atoms with van der Waals surface area (Å²) in [5.74, 6) is 5.30. The smallest absolute Gasteiger partial charge is 0.0948 e. The molecular formula is C8H15N3O. The van der Waals surface area contributed by atoms with Crippen molar-refractivity contribution in [1.29, 1.82) is 0 Å². The Morgan fingerprint density at radius 1 is 1.75 bits per heavy atom. The number of nitrogens with zero attached hydrogens (tertiary/aromatic N) is 2. The highest BCUT2D eigenvalue weighted by Gasteiger charge is 2.09. The lowest BCUT2D eigenvalue weighted by Crippen LogP contribution is -2.12. The van der Waals surface area contributed by atoms with Gasteiger partial charge in [0.05, 0.1) is 12.9 Å². The van der Waals surface area contributed by atoms with Gasteiger partial charge in [-0.3, -0.25) is 0 Å². The molecule has 0 aromatic carbocycles. The predicted molar refractivity (Wildman–Crippen MR) is 46.5 cm³/mol. The second kappa shape index (κ2) is 4.23. The number of aryl methyl sites for hydroxylation is 1. The number of hydrogen-bond donors (Lipinski definition) is 1. The molecule has 68 valence electrons. The molecule has 0 saturated heterocycles. The fourth-order valence-corrected chi connectivity index (χ4v) is 1.24. The Hall–Kier alpha value is -0.870. The number of imidazole rings is 1. The first kappa shape index (κ1) is 9.22. The van der Waals surface area contributed by atoms with Gasteiger partial charge in [-0.1, -0.05) is 6.92 Å². The van der Waals surface area contributed by atoms with Gasteiger partial charge in [-0.05, 0) is 6.92 Å². The average molecular weight is 169 g/mol. The molecule has 0 spiro atoms. The largest absolute Gasteiger partial charge is 0.335 e. The van der Waals surface area contributed by atoms with Crippen LogP contribution in [0.2, 0.25) is 0 Å². The Labute approximate surface area is 72.3 Å². The fraction of sp³-hybridized carbons (Fsp3) is 0.625. The first-order valence-corrected chi connectivity index (χ1v) is 4.11. The van der Waals surface area contributed by atoms with Crippen LogP contribution in [0.15, 0.2) is 12.5 Å². The highest BCUT2D eigenvalue weighted by Crippen LogP contribution is 2.13. The van der Waals surface area contributed by atoms with E-state index in [4.69, 9.17) is 5.90 Å². The normalized spacial score (nSPS) is 13.2. The predicted octanol–water partition coefficient (Wildman–Crippen LogP) is 0.897. The molecule has 0 saturated carbocycles. The van der Waals surface area contributed by atoms with Crippen LogP contribution in [-0.2, 0) is 11.4 Å². The maximum absolute atomic E-state index is 5.00. The molecule has 0 aliphatic rings. The molecule has 0 amide bonds. The molecule has 1 aromatic rings. The Balaban J connectivity index is 2.71. The lowest BCUT2D eigenvalue weighted by atomic mass is 10.1. The van der Waals surface area contributed by atoms with Gasteiger partial charge in [0.1, 0.15) is 0 Å². The first-order chi connectivity index (χ1) is 5.79. The zero-order chi connectivity index (χ0) is 8.97. The van der Waals surface area contributed by atoms with Gasteiger partial charge in [-0.2, -0.15) is 0 Å². The van der Waals surface area contributed by atoms with Crippen LogP contribution in [0.4, 0.5) is 0 Å². The molecular weight excluding hydrogens is 154 g/mol. The summed E-state index contributed by atoms with van der Waals surface area (Å²) in [5, 5.41) is 0. The van der Waals surface area contributed by atoms with Crippen molar-refractivity contribution in [3.05, 3.63) is 18.2 Å². The van der Waals surface area contributed by atoms with E-state index in [-0.39, 0.29) is 0 Å². The van der Waals surface area contributed by atoms with Gasteiger partial charge < -0.3 is 9.40 Å². The van der Waals surface area contributed by atoms with Crippen LogP contribution in [0, 0.1) is 0 Å². The van der Waals surface area contributed by atoms with Crippen molar-refractivity contribution in [2.75, 3.05) is 6.61 Å². The number of hydrogen-bond acceptors (Lipinski definition) is 3. The minimum absolute atomic E-state index is 0.303. The van der Waals surface area contributed by atoms with Crippen molar-refractivity contribution in [2.45, 2.75) is 26.3 Å². The van der Waals surface area contributed by atoms with Crippen molar-refractivity contribution in [3.63, 3.8) is 0 Å². The molecule has 4 nitrogen and oxygen atoms in total. The summed E-state index contributed by atoms with van der Waals surface area (Å²) in [5.41, 5.74) is 1.17. The summed E-state index contributed by atoms with van der Waals surface area (Å²) >= 11 is 0. The SMILES string of the molecule is CCn1cncc1C(C)CON. The van der Waals surface area contributed by atoms with Gasteiger partial charge in [0.2, 0.25) is 0 Å². The lowest BCUT2D eigenvalue weighted by Gasteiger charge is -2.11. The average Bonchev–Trinajstić information content (AvgIpc) is 2.51. The van der Waals surface area contributed by atoms with E-state index in [2.05, 4.69) is 28.2 Å². The standard InChI is InChI=1S/C8H15N3O/c1-3-11-6-10-4-8(11)7(2)5-12-9/h4,6-7H,3,5,9H2,1-2H3. The summed E-state index contributed by atoms with van der Waals surface area (Å²) in [6.45, 7) is 5.62. The molecule has 2 N–H and O–H groups in total. The molecule has 12 heavy (non-hydrogen) atoms. The van der Waals surface area contributed by atoms with Crippen LogP contribution in [0.1, 0.15) is 25.5 Å². The number of nitrogens with two attached hydrogens (primary N) is 1. The summed E-state index contributed by atoms with van der Waals surface area (Å²) < 4.78 is 2.09. The molecule has 0 aliphatic carbocycles. The number of aromatic nitrogens is 2. The molecule has 4 heteroatoms. The van der Waals surface area contributed by atoms with Crippen LogP contribution in [0.25, 0.3) is 0 Å². The van der Waals surface area contributed by atoms with Crippen LogP contribution in [-0.4, -0.2) is 16.2 Å². The Morgan fingerprint density at radius 2 is 2.50 bits per heavy atom. The Morgan fingerprint density at radius 3 is 3.08 bits per heavy atom. The first-order valence-electron chi connectivity index (χ1n) is 4.11. The molecule has 1 aromatic heterocycles. The van der Waals surface area contributed by atoms with Crippen molar-refractivity contribution in [1.82, 2.24) is 9.55 Å². The molecule has 1 unspecified atom stereocenters. The maximum Gasteiger partial charge on any atom is 0.0948 e. The topological polar surface area (TPSA) is 53.1 Å². The van der Waals surface area contributed by atoms with Crippen LogP contribution in [0.5, 0.6) is 0 Å². The zero-order valence-corrected chi connectivity index (χ0v) is 7.53. The minimum Gasteiger partial charge on any atom is -0.335 e. The molecule has 0 radical (unpaired) electrons. The Bertz CT molecular complexity index is 234. The molecule has 0 bridgehead atoms. The molecule has 0 aliphatic heterocycles. The van der Waals surface area contributed by atoms with Crippen LogP contribution >= 0.6 is 0 Å². The molecule has 1 atom stereocenters. The monoisotopic (exact) mass is 169 g/mol. The molecule has 1 rings (SSSR count). The van der Waals surface area contributed by atoms with E-state index in [1.165, 1.54) is 5.69 Å². The lowest BCUT2D eigenvalue weighted by molar-refractivity contribution is 0.125. The fourth-order valence-electron chi connectivity index (χ4n) is 1.24. The second-order valence-corrected chi connectivity index (χ2v) is 2.84. The molecule has 1 heterocycles. The van der Waals surface area contributed by atoms with E-state index < -0.39 is 0 Å². The van der Waals surface area contributed by atoms with Gasteiger partial charge in [0, 0.05) is 24.4 Å². The van der Waals surface area contributed by atoms with E-state index in [9.17, 15) is 0 Å². The summed E-state index contributed by atoms with van der Waals surface area (Å²) in [4.78, 5) is 8.65. The van der Waals surface area contributed by atoms with Crippen molar-refractivity contribution in [3.8, 4) is 0 Å². The number of rotatable bonds is 4. The van der Waals surface area contributed by atoms with Gasteiger partial charge in [0.15, 0.2) is 0 Å². The quantitative estimate of drug-likeness (QED) is 0.681. The second-order valence-electron chi connectivity index (χ2n) is 2.84. The van der Waals surface area contributed by atoms with Gasteiger partial charge in [-0.15, -0.1) is 0 Å². The van der Waals surface area contributed by atoms with Crippen molar-refractivity contribution in [2.24, 2.45) is 5.90 Å². The third-order valence-corrected chi connectivity index (χ3v) is 1.94. The van der Waals surface area contributed by atoms with E-state index >= 15 is 0 Å². The summed E-state index contributed by atoms with van der Waals surface area (Å²) in [7, 11) is 0. The summed E-state index contributed by atoms with van der Waals surface area (Å²) in [6.07, 6.45) is 3.68. The highest BCUT2D eigenvalue weighted by molar-refractivity contribution is 5.04. The van der Waals surface area contributed by atoms with Crippen molar-refractivity contribution < 1.29 is 4.84 Å². The Kier molecular flexibility index (Phi) is 3.25.